The van der Waals surface area contributed by atoms with Gasteiger partial charge in [-0.3, -0.25) is 9.89 Å². The molecule has 0 bridgehead atoms. The molecular formula is C16H22N4O2. The lowest BCUT2D eigenvalue weighted by atomic mass is 9.93. The smallest absolute Gasteiger partial charge is 0.259 e. The minimum Gasteiger partial charge on any atom is -0.361 e. The average Bonchev–Trinajstić information content (AvgIpc) is 3.16. The van der Waals surface area contributed by atoms with Gasteiger partial charge < -0.3 is 9.42 Å². The number of hydrogen-bond acceptors (Lipinski definition) is 4. The number of aryl methyl sites for hydroxylation is 2. The number of piperidine rings is 1. The van der Waals surface area contributed by atoms with Crippen LogP contribution in [0.2, 0.25) is 0 Å². The Bertz CT molecular complexity index is 633. The van der Waals surface area contributed by atoms with Crippen LogP contribution in [0.15, 0.2) is 16.8 Å². The molecule has 1 saturated heterocycles. The van der Waals surface area contributed by atoms with E-state index in [1.54, 1.807) is 6.20 Å². The van der Waals surface area contributed by atoms with Gasteiger partial charge in [-0.1, -0.05) is 12.1 Å². The highest BCUT2D eigenvalue weighted by Crippen LogP contribution is 2.24. The second-order valence-electron chi connectivity index (χ2n) is 5.96. The number of aromatic amines is 1. The molecule has 1 aliphatic rings. The molecule has 1 N–H and O–H groups in total. The van der Waals surface area contributed by atoms with E-state index in [1.165, 1.54) is 0 Å². The van der Waals surface area contributed by atoms with Crippen molar-refractivity contribution in [3.8, 4) is 0 Å². The molecule has 3 rings (SSSR count). The first-order chi connectivity index (χ1) is 10.7. The molecule has 0 aromatic carbocycles. The van der Waals surface area contributed by atoms with E-state index >= 15 is 0 Å². The van der Waals surface area contributed by atoms with Crippen LogP contribution in [-0.4, -0.2) is 39.3 Å². The highest BCUT2D eigenvalue weighted by molar-refractivity contribution is 5.96. The van der Waals surface area contributed by atoms with Crippen molar-refractivity contribution < 1.29 is 9.32 Å². The molecule has 1 amide bonds. The third-order valence-corrected chi connectivity index (χ3v) is 4.36. The summed E-state index contributed by atoms with van der Waals surface area (Å²) in [6.07, 6.45) is 5.61. The third-order valence-electron chi connectivity index (χ3n) is 4.36. The summed E-state index contributed by atoms with van der Waals surface area (Å²) in [7, 11) is 0. The molecule has 6 heteroatoms. The van der Waals surface area contributed by atoms with Crippen molar-refractivity contribution in [2.24, 2.45) is 5.92 Å². The molecule has 3 heterocycles. The van der Waals surface area contributed by atoms with E-state index < -0.39 is 0 Å². The first kappa shape index (κ1) is 14.8. The zero-order valence-electron chi connectivity index (χ0n) is 13.1. The van der Waals surface area contributed by atoms with Gasteiger partial charge >= 0.3 is 0 Å². The van der Waals surface area contributed by atoms with Crippen molar-refractivity contribution in [2.45, 2.75) is 39.5 Å². The van der Waals surface area contributed by atoms with Crippen molar-refractivity contribution in [1.29, 1.82) is 0 Å². The lowest BCUT2D eigenvalue weighted by molar-refractivity contribution is 0.0670. The zero-order valence-corrected chi connectivity index (χ0v) is 13.1. The van der Waals surface area contributed by atoms with Crippen LogP contribution in [-0.2, 0) is 12.8 Å². The summed E-state index contributed by atoms with van der Waals surface area (Å²) < 4.78 is 5.20. The Labute approximate surface area is 129 Å². The van der Waals surface area contributed by atoms with Crippen molar-refractivity contribution in [2.75, 3.05) is 13.1 Å². The number of carbonyl (C=O) groups excluding carboxylic acids is 1. The fraction of sp³-hybridized carbons (Fsp3) is 0.562. The largest absolute Gasteiger partial charge is 0.361 e. The van der Waals surface area contributed by atoms with E-state index in [4.69, 9.17) is 4.52 Å². The lowest BCUT2D eigenvalue weighted by Crippen LogP contribution is -2.41. The fourth-order valence-electron chi connectivity index (χ4n) is 3.22. The molecule has 22 heavy (non-hydrogen) atoms. The minimum absolute atomic E-state index is 0.0601. The van der Waals surface area contributed by atoms with Crippen LogP contribution in [0.4, 0.5) is 0 Å². The summed E-state index contributed by atoms with van der Waals surface area (Å²) in [5.41, 5.74) is 2.55. The number of hydrogen-bond donors (Lipinski definition) is 1. The van der Waals surface area contributed by atoms with Crippen molar-refractivity contribution in [1.82, 2.24) is 20.3 Å². The molecule has 0 spiro atoms. The topological polar surface area (TPSA) is 75.0 Å². The maximum absolute atomic E-state index is 12.8. The molecule has 2 aromatic rings. The summed E-state index contributed by atoms with van der Waals surface area (Å²) >= 11 is 0. The molecule has 0 radical (unpaired) electrons. The van der Waals surface area contributed by atoms with Gasteiger partial charge in [-0.05, 0) is 44.6 Å². The van der Waals surface area contributed by atoms with Crippen molar-refractivity contribution >= 4 is 5.91 Å². The Balaban J connectivity index is 1.71. The second kappa shape index (κ2) is 6.34. The Kier molecular flexibility index (Phi) is 4.27. The quantitative estimate of drug-likeness (QED) is 0.940. The average molecular weight is 302 g/mol. The number of likely N-dealkylation sites (tertiary alicyclic amines) is 1. The van der Waals surface area contributed by atoms with Gasteiger partial charge in [0.05, 0.1) is 5.69 Å². The van der Waals surface area contributed by atoms with Crippen LogP contribution in [0.1, 0.15) is 47.3 Å². The van der Waals surface area contributed by atoms with Crippen LogP contribution in [0.25, 0.3) is 0 Å². The summed E-state index contributed by atoms with van der Waals surface area (Å²) in [5.74, 6) is 1.16. The van der Waals surface area contributed by atoms with Crippen LogP contribution in [0.5, 0.6) is 0 Å². The second-order valence-corrected chi connectivity index (χ2v) is 5.96. The third kappa shape index (κ3) is 2.91. The van der Waals surface area contributed by atoms with Crippen molar-refractivity contribution in [3.05, 3.63) is 35.0 Å². The maximum Gasteiger partial charge on any atom is 0.259 e. The Hall–Kier alpha value is -2.11. The molecule has 1 atom stereocenters. The molecule has 1 aliphatic heterocycles. The van der Waals surface area contributed by atoms with Crippen LogP contribution >= 0.6 is 0 Å². The van der Waals surface area contributed by atoms with Crippen molar-refractivity contribution in [3.63, 3.8) is 0 Å². The zero-order chi connectivity index (χ0) is 15.5. The molecule has 6 nitrogen and oxygen atoms in total. The monoisotopic (exact) mass is 302 g/mol. The van der Waals surface area contributed by atoms with Gasteiger partial charge in [-0.25, -0.2) is 0 Å². The summed E-state index contributed by atoms with van der Waals surface area (Å²) in [4.78, 5) is 14.8. The molecule has 2 aromatic heterocycles. The van der Waals surface area contributed by atoms with Crippen LogP contribution < -0.4 is 0 Å². The number of H-pyrrole nitrogens is 1. The highest BCUT2D eigenvalue weighted by Gasteiger charge is 2.29. The molecule has 0 saturated carbocycles. The van der Waals surface area contributed by atoms with Gasteiger partial charge in [0.15, 0.2) is 0 Å². The number of nitrogens with one attached hydrogen (secondary N) is 1. The van der Waals surface area contributed by atoms with E-state index in [1.807, 2.05) is 24.8 Å². The van der Waals surface area contributed by atoms with Gasteiger partial charge in [0.2, 0.25) is 0 Å². The van der Waals surface area contributed by atoms with E-state index in [2.05, 4.69) is 15.4 Å². The van der Waals surface area contributed by atoms with E-state index in [-0.39, 0.29) is 5.91 Å². The summed E-state index contributed by atoms with van der Waals surface area (Å²) in [5, 5.41) is 11.0. The summed E-state index contributed by atoms with van der Waals surface area (Å²) in [6, 6.07) is 2.00. The van der Waals surface area contributed by atoms with Gasteiger partial charge in [-0.15, -0.1) is 0 Å². The fourth-order valence-corrected chi connectivity index (χ4v) is 3.22. The Morgan fingerprint density at radius 3 is 3.14 bits per heavy atom. The van der Waals surface area contributed by atoms with Gasteiger partial charge in [-0.2, -0.15) is 5.10 Å². The van der Waals surface area contributed by atoms with E-state index in [0.29, 0.717) is 23.7 Å². The van der Waals surface area contributed by atoms with Crippen LogP contribution in [0.3, 0.4) is 0 Å². The normalized spacial score (nSPS) is 18.6. The Morgan fingerprint density at radius 1 is 1.55 bits per heavy atom. The first-order valence-electron chi connectivity index (χ1n) is 7.91. The predicted octanol–water partition coefficient (Wildman–Crippen LogP) is 2.36. The van der Waals surface area contributed by atoms with Crippen LogP contribution in [0, 0.1) is 12.8 Å². The first-order valence-corrected chi connectivity index (χ1v) is 7.91. The predicted molar refractivity (Wildman–Crippen MR) is 81.5 cm³/mol. The highest BCUT2D eigenvalue weighted by atomic mass is 16.5. The van der Waals surface area contributed by atoms with Gasteiger partial charge in [0.1, 0.15) is 11.3 Å². The number of rotatable bonds is 4. The number of amides is 1. The standard InChI is InChI=1S/C16H22N4O2/c1-3-14-15(11(2)22-19-14)16(21)20-8-4-5-12(10-20)9-13-6-7-17-18-13/h6-7,12H,3-5,8-10H2,1-2H3,(H,17,18)/t12-/m0/s1. The maximum atomic E-state index is 12.8. The molecular weight excluding hydrogens is 280 g/mol. The molecule has 1 fully saturated rings. The molecule has 0 aliphatic carbocycles. The van der Waals surface area contributed by atoms with E-state index in [0.717, 1.165) is 43.7 Å². The van der Waals surface area contributed by atoms with E-state index in [9.17, 15) is 4.79 Å². The number of nitrogens with zero attached hydrogens (tertiary/aromatic N) is 3. The number of aromatic nitrogens is 3. The SMILES string of the molecule is CCc1noc(C)c1C(=O)N1CCC[C@@H](Cc2ccn[nH]2)C1. The Morgan fingerprint density at radius 2 is 2.41 bits per heavy atom. The molecule has 118 valence electrons. The van der Waals surface area contributed by atoms with Gasteiger partial charge in [0, 0.05) is 25.0 Å². The summed E-state index contributed by atoms with van der Waals surface area (Å²) in [6.45, 7) is 5.40. The molecule has 0 unspecified atom stereocenters. The van der Waals surface area contributed by atoms with Gasteiger partial charge in [0.25, 0.3) is 5.91 Å². The lowest BCUT2D eigenvalue weighted by Gasteiger charge is -2.32. The minimum atomic E-state index is 0.0601. The number of carbonyl (C=O) groups is 1.